The van der Waals surface area contributed by atoms with Crippen LogP contribution < -0.4 is 40.5 Å². The lowest BCUT2D eigenvalue weighted by molar-refractivity contribution is 0.304. The molecule has 0 aliphatic rings. The van der Waals surface area contributed by atoms with Crippen molar-refractivity contribution in [2.75, 3.05) is 83.5 Å². The van der Waals surface area contributed by atoms with Crippen molar-refractivity contribution in [2.24, 2.45) is 0 Å². The summed E-state index contributed by atoms with van der Waals surface area (Å²) in [5.41, 5.74) is 1.90. The first kappa shape index (κ1) is 85.3. The van der Waals surface area contributed by atoms with Crippen LogP contribution in [0.15, 0.2) is 48.5 Å². The maximum Gasteiger partial charge on any atom is 0.233 e. The number of unbranched alkanes of at least 4 members (excludes halogenated alkanes) is 45. The second-order valence-corrected chi connectivity index (χ2v) is 28.7. The third-order valence-corrected chi connectivity index (χ3v) is 19.4. The summed E-state index contributed by atoms with van der Waals surface area (Å²) in [6, 6.07) is 16.6. The molecule has 0 aliphatic heterocycles. The Morgan fingerprint density at radius 2 is 0.469 bits per heavy atom. The van der Waals surface area contributed by atoms with Crippen LogP contribution in [0.1, 0.15) is 375 Å². The minimum atomic E-state index is 0.587. The molecule has 0 radical (unpaired) electrons. The van der Waals surface area contributed by atoms with Gasteiger partial charge in [-0.1, -0.05) is 324 Å². The van der Waals surface area contributed by atoms with E-state index >= 15 is 0 Å². The first-order valence-electron chi connectivity index (χ1n) is 42.0. The summed E-state index contributed by atoms with van der Waals surface area (Å²) in [5, 5.41) is 14.4. The average molecular weight is 1360 g/mol. The molecule has 0 aliphatic carbocycles. The van der Waals surface area contributed by atoms with E-state index in [-0.39, 0.29) is 0 Å². The van der Waals surface area contributed by atoms with Crippen molar-refractivity contribution in [1.82, 2.24) is 29.9 Å². The number of aromatic nitrogens is 6. The van der Waals surface area contributed by atoms with Crippen LogP contribution in [0, 0.1) is 0 Å². The van der Waals surface area contributed by atoms with E-state index in [0.717, 1.165) is 139 Å². The second kappa shape index (κ2) is 61.7. The molecule has 14 heteroatoms. The van der Waals surface area contributed by atoms with Gasteiger partial charge in [0.15, 0.2) is 0 Å². The molecule has 0 saturated heterocycles. The van der Waals surface area contributed by atoms with E-state index in [1.54, 1.807) is 0 Å². The number of hydrogen-bond donors (Lipinski definition) is 4. The minimum absolute atomic E-state index is 0.587. The lowest BCUT2D eigenvalue weighted by Crippen LogP contribution is -2.28. The fourth-order valence-corrected chi connectivity index (χ4v) is 13.0. The Morgan fingerprint density at radius 1 is 0.245 bits per heavy atom. The van der Waals surface area contributed by atoms with Crippen molar-refractivity contribution in [3.63, 3.8) is 0 Å². The van der Waals surface area contributed by atoms with Gasteiger partial charge in [-0.15, -0.1) is 0 Å². The molecule has 0 spiro atoms. The second-order valence-electron chi connectivity index (χ2n) is 28.7. The van der Waals surface area contributed by atoms with Gasteiger partial charge in [0, 0.05) is 50.6 Å². The van der Waals surface area contributed by atoms with E-state index < -0.39 is 0 Å². The van der Waals surface area contributed by atoms with Gasteiger partial charge in [-0.2, -0.15) is 29.9 Å². The van der Waals surface area contributed by atoms with Crippen LogP contribution in [0.3, 0.4) is 0 Å². The van der Waals surface area contributed by atoms with Crippen molar-refractivity contribution in [3.05, 3.63) is 48.5 Å². The Balaban J connectivity index is 1.30. The molecule has 2 heterocycles. The molecule has 14 nitrogen and oxygen atoms in total. The number of anilines is 8. The van der Waals surface area contributed by atoms with Gasteiger partial charge < -0.3 is 40.5 Å². The van der Waals surface area contributed by atoms with Gasteiger partial charge in [-0.25, -0.2) is 0 Å². The predicted molar refractivity (Wildman–Crippen MR) is 426 cm³/mol. The highest BCUT2D eigenvalue weighted by Crippen LogP contribution is 2.26. The number of benzene rings is 2. The summed E-state index contributed by atoms with van der Waals surface area (Å²) in [6.07, 6.45) is 66.3. The predicted octanol–water partition coefficient (Wildman–Crippen LogP) is 25.8. The zero-order chi connectivity index (χ0) is 69.5. The Kier molecular flexibility index (Phi) is 53.7. The monoisotopic (exact) mass is 1360 g/mol. The topological polar surface area (TPSA) is 150 Å². The van der Waals surface area contributed by atoms with Gasteiger partial charge in [0.05, 0.1) is 13.2 Å². The molecule has 0 fully saturated rings. The largest absolute Gasteiger partial charge is 0.494 e. The standard InChI is InChI=1S/C84H150N12O2/c1-7-13-19-25-31-33-37-41-49-57-73-97-77-63-59-75(60-64-77)87-81-89-79(91-83(93-81)95(69-53-45-27-21-15-9-3)70-54-46-28-22-16-10-4)85-67-51-43-39-35-36-40-44-52-68-86-80-90-82(88-76-61-65-78(66-62-76)98-74-58-50-42-38-34-32-26-20-14-8-2)94-84(92-80)96(71-55-47-29-23-17-11-5)72-56-48-30-24-18-12-6/h59-66H,7-58,67-74H2,1-6H3,(H2,85,87,89,91,93)(H2,86,88,90,92,94). The Morgan fingerprint density at radius 3 is 0.735 bits per heavy atom. The van der Waals surface area contributed by atoms with E-state index in [4.69, 9.17) is 39.4 Å². The van der Waals surface area contributed by atoms with Crippen molar-refractivity contribution in [2.45, 2.75) is 375 Å². The maximum atomic E-state index is 6.19. The van der Waals surface area contributed by atoms with Gasteiger partial charge in [0.25, 0.3) is 0 Å². The molecule has 4 rings (SSSR count). The van der Waals surface area contributed by atoms with Crippen molar-refractivity contribution in [3.8, 4) is 11.5 Å². The summed E-state index contributed by atoms with van der Waals surface area (Å²) in [5.74, 6) is 5.86. The van der Waals surface area contributed by atoms with E-state index in [1.165, 1.54) is 283 Å². The highest BCUT2D eigenvalue weighted by molar-refractivity contribution is 5.58. The summed E-state index contributed by atoms with van der Waals surface area (Å²) < 4.78 is 12.4. The van der Waals surface area contributed by atoms with Crippen LogP contribution >= 0.6 is 0 Å². The van der Waals surface area contributed by atoms with Gasteiger partial charge in [0.1, 0.15) is 11.5 Å². The zero-order valence-electron chi connectivity index (χ0n) is 64.4. The fourth-order valence-electron chi connectivity index (χ4n) is 13.0. The Hall–Kier alpha value is -5.14. The molecular formula is C84H150N12O2. The molecule has 4 aromatic rings. The number of nitrogens with zero attached hydrogens (tertiary/aromatic N) is 8. The van der Waals surface area contributed by atoms with E-state index in [2.05, 4.69) is 121 Å². The van der Waals surface area contributed by atoms with Crippen LogP contribution in [0.4, 0.5) is 47.1 Å². The van der Waals surface area contributed by atoms with E-state index in [9.17, 15) is 0 Å². The molecule has 0 saturated carbocycles. The number of rotatable bonds is 71. The fraction of sp³-hybridized carbons (Fsp3) is 0.786. The molecule has 0 bridgehead atoms. The van der Waals surface area contributed by atoms with Crippen LogP contribution in [0.25, 0.3) is 0 Å². The van der Waals surface area contributed by atoms with Gasteiger partial charge in [-0.3, -0.25) is 0 Å². The Bertz CT molecular complexity index is 2200. The maximum absolute atomic E-state index is 6.19. The van der Waals surface area contributed by atoms with Crippen molar-refractivity contribution in [1.29, 1.82) is 0 Å². The normalized spacial score (nSPS) is 11.4. The van der Waals surface area contributed by atoms with Crippen LogP contribution in [0.5, 0.6) is 11.5 Å². The average Bonchev–Trinajstić information content (AvgIpc) is 0.938. The zero-order valence-corrected chi connectivity index (χ0v) is 64.4. The molecular weight excluding hydrogens is 1210 g/mol. The third kappa shape index (κ3) is 44.9. The smallest absolute Gasteiger partial charge is 0.233 e. The summed E-state index contributed by atoms with van der Waals surface area (Å²) in [7, 11) is 0. The van der Waals surface area contributed by atoms with Gasteiger partial charge in [-0.05, 0) is 99.9 Å². The van der Waals surface area contributed by atoms with Crippen LogP contribution in [-0.4, -0.2) is 82.4 Å². The molecule has 2 aromatic carbocycles. The molecule has 0 atom stereocenters. The summed E-state index contributed by atoms with van der Waals surface area (Å²) in [6.45, 7) is 20.8. The minimum Gasteiger partial charge on any atom is -0.494 e. The highest BCUT2D eigenvalue weighted by Gasteiger charge is 2.17. The van der Waals surface area contributed by atoms with Gasteiger partial charge in [0.2, 0.25) is 35.7 Å². The van der Waals surface area contributed by atoms with Crippen molar-refractivity contribution < 1.29 is 9.47 Å². The molecule has 0 amide bonds. The lowest BCUT2D eigenvalue weighted by Gasteiger charge is -2.24. The molecule has 98 heavy (non-hydrogen) atoms. The van der Waals surface area contributed by atoms with Crippen LogP contribution in [0.2, 0.25) is 0 Å². The summed E-state index contributed by atoms with van der Waals surface area (Å²) in [4.78, 5) is 35.4. The third-order valence-electron chi connectivity index (χ3n) is 19.4. The number of hydrogen-bond acceptors (Lipinski definition) is 14. The lowest BCUT2D eigenvalue weighted by atomic mass is 10.1. The number of nitrogens with one attached hydrogen (secondary N) is 4. The Labute approximate surface area is 602 Å². The SMILES string of the molecule is CCCCCCCCCCCCOc1ccc(Nc2nc(NCCCCCCCCCCNc3nc(Nc4ccc(OCCCCCCCCCCCC)cc4)nc(N(CCCCCCCC)CCCCCCCC)n3)nc(N(CCCCCCCC)CCCCCCCC)n2)cc1. The molecule has 2 aromatic heterocycles. The van der Waals surface area contributed by atoms with E-state index in [0.29, 0.717) is 23.8 Å². The van der Waals surface area contributed by atoms with Crippen LogP contribution in [-0.2, 0) is 0 Å². The van der Waals surface area contributed by atoms with Crippen molar-refractivity contribution >= 4 is 47.1 Å². The highest BCUT2D eigenvalue weighted by atomic mass is 16.5. The molecule has 558 valence electrons. The quantitative estimate of drug-likeness (QED) is 0.0311. The molecule has 4 N–H and O–H groups in total. The van der Waals surface area contributed by atoms with E-state index in [1.807, 2.05) is 0 Å². The first-order valence-corrected chi connectivity index (χ1v) is 42.0. The molecule has 0 unspecified atom stereocenters. The summed E-state index contributed by atoms with van der Waals surface area (Å²) >= 11 is 0. The number of ether oxygens (including phenoxy) is 2. The van der Waals surface area contributed by atoms with Gasteiger partial charge >= 0.3 is 0 Å². The first-order chi connectivity index (χ1) is 48.5.